The summed E-state index contributed by atoms with van der Waals surface area (Å²) in [6.45, 7) is 1.01. The molecule has 1 heterocycles. The third kappa shape index (κ3) is 4.54. The van der Waals surface area contributed by atoms with Crippen LogP contribution in [0.1, 0.15) is 17.2 Å². The van der Waals surface area contributed by atoms with Crippen LogP contribution in [0.15, 0.2) is 72.8 Å². The fourth-order valence-corrected chi connectivity index (χ4v) is 3.90. The Morgan fingerprint density at radius 1 is 1.13 bits per heavy atom. The van der Waals surface area contributed by atoms with E-state index >= 15 is 0 Å². The maximum atomic E-state index is 14.0. The molecule has 0 aromatic heterocycles. The summed E-state index contributed by atoms with van der Waals surface area (Å²) in [4.78, 5) is 17.1. The Hall–Kier alpha value is -3.38. The van der Waals surface area contributed by atoms with E-state index in [1.54, 1.807) is 12.1 Å². The van der Waals surface area contributed by atoms with Crippen molar-refractivity contribution >= 4 is 11.6 Å². The van der Waals surface area contributed by atoms with E-state index in [-0.39, 0.29) is 24.2 Å². The zero-order valence-corrected chi connectivity index (χ0v) is 17.6. The van der Waals surface area contributed by atoms with E-state index in [1.807, 2.05) is 71.4 Å². The van der Waals surface area contributed by atoms with Gasteiger partial charge in [-0.1, -0.05) is 48.5 Å². The maximum absolute atomic E-state index is 14.0. The minimum absolute atomic E-state index is 0.0407. The van der Waals surface area contributed by atoms with Crippen molar-refractivity contribution in [2.75, 3.05) is 32.2 Å². The van der Waals surface area contributed by atoms with Gasteiger partial charge < -0.3 is 9.47 Å². The van der Waals surface area contributed by atoms with Gasteiger partial charge in [0.25, 0.3) is 0 Å². The molecule has 1 aliphatic rings. The van der Waals surface area contributed by atoms with Crippen molar-refractivity contribution in [3.05, 3.63) is 89.7 Å². The lowest BCUT2D eigenvalue weighted by molar-refractivity contribution is -0.120. The van der Waals surface area contributed by atoms with Crippen molar-refractivity contribution in [2.45, 2.75) is 12.6 Å². The first-order valence-corrected chi connectivity index (χ1v) is 10.2. The number of hydrogen-bond donors (Lipinski definition) is 0. The van der Waals surface area contributed by atoms with Gasteiger partial charge in [0.1, 0.15) is 12.4 Å². The smallest absolute Gasteiger partial charge is 0.241 e. The number of nitrogens with zero attached hydrogens (tertiary/aromatic N) is 2. The van der Waals surface area contributed by atoms with E-state index in [9.17, 15) is 9.18 Å². The van der Waals surface area contributed by atoms with Crippen LogP contribution in [0.5, 0.6) is 11.5 Å². The summed E-state index contributed by atoms with van der Waals surface area (Å²) in [6.07, 6.45) is 0. The molecule has 1 unspecified atom stereocenters. The van der Waals surface area contributed by atoms with Crippen LogP contribution in [0.2, 0.25) is 0 Å². The van der Waals surface area contributed by atoms with Crippen LogP contribution < -0.4 is 14.4 Å². The molecule has 0 saturated heterocycles. The minimum atomic E-state index is -0.411. The Labute approximate surface area is 181 Å². The molecule has 5 nitrogen and oxygen atoms in total. The average Bonchev–Trinajstić information content (AvgIpc) is 2.79. The second kappa shape index (κ2) is 9.18. The van der Waals surface area contributed by atoms with Gasteiger partial charge in [-0.05, 0) is 42.4 Å². The second-order valence-corrected chi connectivity index (χ2v) is 7.61. The lowest BCUT2D eigenvalue weighted by atomic mass is 10.0. The van der Waals surface area contributed by atoms with Crippen molar-refractivity contribution in [1.29, 1.82) is 0 Å². The third-order valence-electron chi connectivity index (χ3n) is 5.36. The highest BCUT2D eigenvalue weighted by atomic mass is 19.1. The highest BCUT2D eigenvalue weighted by Gasteiger charge is 2.33. The Balaban J connectivity index is 1.55. The van der Waals surface area contributed by atoms with Gasteiger partial charge in [-0.15, -0.1) is 0 Å². The number of methoxy groups -OCH3 is 1. The lowest BCUT2D eigenvalue weighted by Gasteiger charge is -2.38. The molecule has 0 bridgehead atoms. The quantitative estimate of drug-likeness (QED) is 0.592. The number of anilines is 1. The van der Waals surface area contributed by atoms with Gasteiger partial charge in [0, 0.05) is 6.54 Å². The molecule has 0 spiro atoms. The molecule has 0 N–H and O–H groups in total. The topological polar surface area (TPSA) is 42.0 Å². The van der Waals surface area contributed by atoms with E-state index in [1.165, 1.54) is 13.2 Å². The molecule has 4 rings (SSSR count). The van der Waals surface area contributed by atoms with Crippen molar-refractivity contribution in [3.8, 4) is 11.5 Å². The Morgan fingerprint density at radius 3 is 2.61 bits per heavy atom. The Bertz CT molecular complexity index is 1060. The molecule has 1 atom stereocenters. The van der Waals surface area contributed by atoms with E-state index < -0.39 is 5.82 Å². The fraction of sp³-hybridized carbons (Fsp3) is 0.240. The number of halogens is 1. The number of benzene rings is 3. The van der Waals surface area contributed by atoms with E-state index in [0.717, 1.165) is 16.8 Å². The van der Waals surface area contributed by atoms with E-state index in [2.05, 4.69) is 0 Å². The zero-order valence-electron chi connectivity index (χ0n) is 17.6. The first-order chi connectivity index (χ1) is 15.1. The van der Waals surface area contributed by atoms with Gasteiger partial charge in [-0.25, -0.2) is 4.39 Å². The zero-order chi connectivity index (χ0) is 21.8. The van der Waals surface area contributed by atoms with Crippen LogP contribution in [-0.2, 0) is 11.3 Å². The van der Waals surface area contributed by atoms with Crippen LogP contribution in [0.4, 0.5) is 10.1 Å². The fourth-order valence-electron chi connectivity index (χ4n) is 3.90. The minimum Gasteiger partial charge on any atom is -0.494 e. The summed E-state index contributed by atoms with van der Waals surface area (Å²) in [7, 11) is 3.29. The van der Waals surface area contributed by atoms with Crippen molar-refractivity contribution in [1.82, 2.24) is 4.90 Å². The summed E-state index contributed by atoms with van der Waals surface area (Å²) in [6, 6.07) is 22.1. The number of fused-ring (bicyclic) bond motifs is 1. The largest absolute Gasteiger partial charge is 0.494 e. The molecule has 160 valence electrons. The SMILES string of the molecule is COc1ccc(CN(C)CC(=O)N2c3ccccc3OCC2c2ccccc2)cc1F. The highest BCUT2D eigenvalue weighted by Crippen LogP contribution is 2.39. The Morgan fingerprint density at radius 2 is 1.87 bits per heavy atom. The van der Waals surface area contributed by atoms with Crippen LogP contribution >= 0.6 is 0 Å². The van der Waals surface area contributed by atoms with Crippen LogP contribution in [0.3, 0.4) is 0 Å². The van der Waals surface area contributed by atoms with Gasteiger partial charge in [-0.3, -0.25) is 14.6 Å². The van der Waals surface area contributed by atoms with Crippen molar-refractivity contribution < 1.29 is 18.7 Å². The number of carbonyl (C=O) groups is 1. The molecule has 3 aromatic rings. The number of hydrogen-bond acceptors (Lipinski definition) is 4. The predicted octanol–water partition coefficient (Wildman–Crippen LogP) is 4.43. The number of para-hydroxylation sites is 2. The van der Waals surface area contributed by atoms with E-state index in [0.29, 0.717) is 18.9 Å². The number of likely N-dealkylation sites (N-methyl/N-ethyl adjacent to an activating group) is 1. The summed E-state index contributed by atoms with van der Waals surface area (Å²) in [5.74, 6) is 0.452. The molecule has 0 saturated carbocycles. The second-order valence-electron chi connectivity index (χ2n) is 7.61. The van der Waals surface area contributed by atoms with Crippen molar-refractivity contribution in [3.63, 3.8) is 0 Å². The summed E-state index contributed by atoms with van der Waals surface area (Å²) >= 11 is 0. The van der Waals surface area contributed by atoms with Crippen LogP contribution in [0.25, 0.3) is 0 Å². The number of rotatable bonds is 6. The molecule has 0 aliphatic carbocycles. The number of ether oxygens (including phenoxy) is 2. The first kappa shape index (κ1) is 20.9. The monoisotopic (exact) mass is 420 g/mol. The first-order valence-electron chi connectivity index (χ1n) is 10.2. The van der Waals surface area contributed by atoms with E-state index in [4.69, 9.17) is 9.47 Å². The summed E-state index contributed by atoms with van der Waals surface area (Å²) < 4.78 is 24.9. The molecular weight excluding hydrogens is 395 g/mol. The molecule has 31 heavy (non-hydrogen) atoms. The molecular formula is C25H25FN2O3. The van der Waals surface area contributed by atoms with Gasteiger partial charge in [0.05, 0.1) is 25.4 Å². The molecule has 3 aromatic carbocycles. The molecule has 6 heteroatoms. The van der Waals surface area contributed by atoms with Gasteiger partial charge in [-0.2, -0.15) is 0 Å². The van der Waals surface area contributed by atoms with Crippen LogP contribution in [0, 0.1) is 5.82 Å². The van der Waals surface area contributed by atoms with Gasteiger partial charge in [0.2, 0.25) is 5.91 Å². The highest BCUT2D eigenvalue weighted by molar-refractivity contribution is 5.97. The standard InChI is InChI=1S/C25H25FN2O3/c1-27(15-18-12-13-23(30-2)20(26)14-18)16-25(29)28-21-10-6-7-11-24(21)31-17-22(28)19-8-4-3-5-9-19/h3-14,22H,15-17H2,1-2H3. The summed E-state index contributed by atoms with van der Waals surface area (Å²) in [5, 5.41) is 0. The predicted molar refractivity (Wildman–Crippen MR) is 118 cm³/mol. The van der Waals surface area contributed by atoms with Gasteiger partial charge in [0.15, 0.2) is 11.6 Å². The average molecular weight is 420 g/mol. The number of carbonyl (C=O) groups excluding carboxylic acids is 1. The maximum Gasteiger partial charge on any atom is 0.241 e. The normalized spacial score (nSPS) is 15.4. The summed E-state index contributed by atoms with van der Waals surface area (Å²) in [5.41, 5.74) is 2.55. The molecule has 0 fully saturated rings. The van der Waals surface area contributed by atoms with Crippen molar-refractivity contribution in [2.24, 2.45) is 0 Å². The number of amides is 1. The molecule has 1 amide bonds. The molecule has 0 radical (unpaired) electrons. The third-order valence-corrected chi connectivity index (χ3v) is 5.36. The molecule has 1 aliphatic heterocycles. The van der Waals surface area contributed by atoms with Gasteiger partial charge >= 0.3 is 0 Å². The lowest BCUT2D eigenvalue weighted by Crippen LogP contribution is -2.45. The Kier molecular flexibility index (Phi) is 6.18. The van der Waals surface area contributed by atoms with Crippen LogP contribution in [-0.4, -0.2) is 38.1 Å².